The number of carbonyl (C=O) groups is 1. The third kappa shape index (κ3) is 2.09. The molecule has 3 unspecified atom stereocenters. The number of carbonyl (C=O) groups excluding carboxylic acids is 1. The molecular formula is C15H24O. The van der Waals surface area contributed by atoms with Crippen LogP contribution in [0.15, 0.2) is 11.6 Å². The summed E-state index contributed by atoms with van der Waals surface area (Å²) >= 11 is 0. The lowest BCUT2D eigenvalue weighted by atomic mass is 9.60. The Morgan fingerprint density at radius 1 is 1.38 bits per heavy atom. The molecule has 2 aliphatic carbocycles. The van der Waals surface area contributed by atoms with Crippen LogP contribution in [0.5, 0.6) is 0 Å². The molecule has 5 atom stereocenters. The van der Waals surface area contributed by atoms with E-state index >= 15 is 0 Å². The minimum Gasteiger partial charge on any atom is -0.303 e. The van der Waals surface area contributed by atoms with Crippen LogP contribution in [0.1, 0.15) is 46.5 Å². The van der Waals surface area contributed by atoms with Crippen molar-refractivity contribution >= 4 is 6.29 Å². The molecule has 2 aliphatic rings. The first-order valence-corrected chi connectivity index (χ1v) is 6.76. The number of fused-ring (bicyclic) bond motifs is 1. The predicted octanol–water partition coefficient (Wildman–Crippen LogP) is 3.84. The van der Waals surface area contributed by atoms with E-state index in [1.54, 1.807) is 5.57 Å². The van der Waals surface area contributed by atoms with Gasteiger partial charge in [0, 0.05) is 5.92 Å². The van der Waals surface area contributed by atoms with Crippen LogP contribution in [0.2, 0.25) is 0 Å². The van der Waals surface area contributed by atoms with Crippen molar-refractivity contribution in [3.63, 3.8) is 0 Å². The first-order valence-electron chi connectivity index (χ1n) is 6.76. The molecule has 2 rings (SSSR count). The first-order chi connectivity index (χ1) is 7.63. The fourth-order valence-electron chi connectivity index (χ4n) is 3.80. The molecule has 0 aliphatic heterocycles. The third-order valence-electron chi connectivity index (χ3n) is 4.91. The molecule has 1 nitrogen and oxygen atoms in total. The van der Waals surface area contributed by atoms with E-state index in [0.29, 0.717) is 11.8 Å². The largest absolute Gasteiger partial charge is 0.303 e. The van der Waals surface area contributed by atoms with Gasteiger partial charge in [-0.1, -0.05) is 31.9 Å². The van der Waals surface area contributed by atoms with Gasteiger partial charge in [-0.15, -0.1) is 0 Å². The van der Waals surface area contributed by atoms with Gasteiger partial charge in [-0.2, -0.15) is 0 Å². The molecule has 0 amide bonds. The molecule has 0 saturated heterocycles. The van der Waals surface area contributed by atoms with E-state index in [1.165, 1.54) is 25.7 Å². The summed E-state index contributed by atoms with van der Waals surface area (Å²) < 4.78 is 0. The van der Waals surface area contributed by atoms with Crippen LogP contribution in [0.4, 0.5) is 0 Å². The SMILES string of the molecule is CC1=CC2C(CC1)[C@H](C)CC[C@H]2C(C)C=O. The molecule has 0 aromatic heterocycles. The molecule has 0 N–H and O–H groups in total. The third-order valence-corrected chi connectivity index (χ3v) is 4.91. The van der Waals surface area contributed by atoms with Crippen molar-refractivity contribution in [3.8, 4) is 0 Å². The van der Waals surface area contributed by atoms with E-state index in [0.717, 1.165) is 18.1 Å². The van der Waals surface area contributed by atoms with Gasteiger partial charge in [-0.3, -0.25) is 0 Å². The number of hydrogen-bond acceptors (Lipinski definition) is 1. The summed E-state index contributed by atoms with van der Waals surface area (Å²) in [6, 6.07) is 0. The Morgan fingerprint density at radius 3 is 2.81 bits per heavy atom. The van der Waals surface area contributed by atoms with E-state index in [9.17, 15) is 4.79 Å². The van der Waals surface area contributed by atoms with Crippen molar-refractivity contribution in [1.29, 1.82) is 0 Å². The van der Waals surface area contributed by atoms with Crippen molar-refractivity contribution in [2.24, 2.45) is 29.6 Å². The van der Waals surface area contributed by atoms with Crippen LogP contribution in [0, 0.1) is 29.6 Å². The Balaban J connectivity index is 2.21. The number of aldehydes is 1. The summed E-state index contributed by atoms with van der Waals surface area (Å²) in [5, 5.41) is 0. The zero-order chi connectivity index (χ0) is 11.7. The molecule has 0 aromatic rings. The Hall–Kier alpha value is -0.590. The second-order valence-corrected chi connectivity index (χ2v) is 6.01. The Morgan fingerprint density at radius 2 is 2.12 bits per heavy atom. The molecule has 16 heavy (non-hydrogen) atoms. The first kappa shape index (κ1) is 11.9. The van der Waals surface area contributed by atoms with Crippen molar-refractivity contribution in [2.75, 3.05) is 0 Å². The van der Waals surface area contributed by atoms with Crippen molar-refractivity contribution < 1.29 is 4.79 Å². The Labute approximate surface area is 99.3 Å². The average Bonchev–Trinajstić information content (AvgIpc) is 2.28. The highest BCUT2D eigenvalue weighted by Gasteiger charge is 2.39. The molecule has 1 fully saturated rings. The van der Waals surface area contributed by atoms with Gasteiger partial charge in [0.15, 0.2) is 0 Å². The maximum Gasteiger partial charge on any atom is 0.123 e. The quantitative estimate of drug-likeness (QED) is 0.510. The lowest BCUT2D eigenvalue weighted by molar-refractivity contribution is -0.113. The van der Waals surface area contributed by atoms with Gasteiger partial charge in [0.2, 0.25) is 0 Å². The highest BCUT2D eigenvalue weighted by Crippen LogP contribution is 2.47. The van der Waals surface area contributed by atoms with E-state index < -0.39 is 0 Å². The van der Waals surface area contributed by atoms with Gasteiger partial charge >= 0.3 is 0 Å². The fraction of sp³-hybridized carbons (Fsp3) is 0.800. The highest BCUT2D eigenvalue weighted by molar-refractivity contribution is 5.53. The summed E-state index contributed by atoms with van der Waals surface area (Å²) in [6.07, 6.45) is 8.82. The van der Waals surface area contributed by atoms with E-state index in [4.69, 9.17) is 0 Å². The van der Waals surface area contributed by atoms with Gasteiger partial charge in [-0.05, 0) is 49.9 Å². The Kier molecular flexibility index (Phi) is 3.51. The van der Waals surface area contributed by atoms with Crippen LogP contribution in [-0.4, -0.2) is 6.29 Å². The van der Waals surface area contributed by atoms with Crippen molar-refractivity contribution in [2.45, 2.75) is 46.5 Å². The van der Waals surface area contributed by atoms with Gasteiger partial charge in [-0.25, -0.2) is 0 Å². The molecule has 0 heterocycles. The van der Waals surface area contributed by atoms with Gasteiger partial charge in [0.25, 0.3) is 0 Å². The zero-order valence-electron chi connectivity index (χ0n) is 10.8. The van der Waals surface area contributed by atoms with E-state index in [-0.39, 0.29) is 5.92 Å². The minimum absolute atomic E-state index is 0.238. The van der Waals surface area contributed by atoms with Crippen LogP contribution >= 0.6 is 0 Å². The van der Waals surface area contributed by atoms with Crippen molar-refractivity contribution in [1.82, 2.24) is 0 Å². The summed E-state index contributed by atoms with van der Waals surface area (Å²) in [6.45, 7) is 6.74. The Bertz CT molecular complexity index is 292. The molecule has 0 spiro atoms. The lowest BCUT2D eigenvalue weighted by Crippen LogP contribution is -2.37. The number of rotatable bonds is 2. The normalized spacial score (nSPS) is 40.8. The van der Waals surface area contributed by atoms with Gasteiger partial charge < -0.3 is 4.79 Å². The van der Waals surface area contributed by atoms with E-state index in [2.05, 4.69) is 26.8 Å². The van der Waals surface area contributed by atoms with Crippen LogP contribution in [-0.2, 0) is 4.79 Å². The van der Waals surface area contributed by atoms with Gasteiger partial charge in [0.05, 0.1) is 0 Å². The monoisotopic (exact) mass is 220 g/mol. The predicted molar refractivity (Wildman–Crippen MR) is 67.1 cm³/mol. The molecule has 90 valence electrons. The molecule has 0 bridgehead atoms. The second kappa shape index (κ2) is 4.73. The number of allylic oxidation sites excluding steroid dienone is 2. The maximum atomic E-state index is 11.0. The maximum absolute atomic E-state index is 11.0. The minimum atomic E-state index is 0.238. The lowest BCUT2D eigenvalue weighted by Gasteiger charge is -2.44. The van der Waals surface area contributed by atoms with E-state index in [1.807, 2.05) is 0 Å². The molecule has 0 aromatic carbocycles. The van der Waals surface area contributed by atoms with Crippen LogP contribution in [0.25, 0.3) is 0 Å². The fourth-order valence-corrected chi connectivity index (χ4v) is 3.80. The highest BCUT2D eigenvalue weighted by atomic mass is 16.1. The number of hydrogen-bond donors (Lipinski definition) is 0. The van der Waals surface area contributed by atoms with Gasteiger partial charge in [0.1, 0.15) is 6.29 Å². The summed E-state index contributed by atoms with van der Waals surface area (Å²) in [7, 11) is 0. The zero-order valence-corrected chi connectivity index (χ0v) is 10.8. The van der Waals surface area contributed by atoms with Crippen molar-refractivity contribution in [3.05, 3.63) is 11.6 Å². The molecular weight excluding hydrogens is 196 g/mol. The molecule has 0 radical (unpaired) electrons. The summed E-state index contributed by atoms with van der Waals surface area (Å²) in [5.41, 5.74) is 1.54. The smallest absolute Gasteiger partial charge is 0.123 e. The van der Waals surface area contributed by atoms with Crippen LogP contribution < -0.4 is 0 Å². The topological polar surface area (TPSA) is 17.1 Å². The average molecular weight is 220 g/mol. The van der Waals surface area contributed by atoms with Crippen LogP contribution in [0.3, 0.4) is 0 Å². The molecule has 1 saturated carbocycles. The second-order valence-electron chi connectivity index (χ2n) is 6.01. The summed E-state index contributed by atoms with van der Waals surface area (Å²) in [4.78, 5) is 11.0. The standard InChI is InChI=1S/C15H24O/c1-10-4-6-13-11(2)5-7-14(12(3)9-16)15(13)8-10/h8-9,11-15H,4-7H2,1-3H3/t11-,12?,13?,14+,15?/m1/s1. The molecule has 1 heteroatoms. The summed E-state index contributed by atoms with van der Waals surface area (Å²) in [5.74, 6) is 3.21.